The number of carbonyl (C=O) groups excluding carboxylic acids is 4. The van der Waals surface area contributed by atoms with E-state index < -0.39 is 82.0 Å². The second-order valence-corrected chi connectivity index (χ2v) is 46.1. The molecule has 4 fully saturated rings. The molecular weight excluding hydrogens is 2000 g/mol. The van der Waals surface area contributed by atoms with Crippen LogP contribution in [0.15, 0.2) is 317 Å². The maximum atomic E-state index is 13.6. The molecular formula is C112H123Cl2N5O24S4. The minimum absolute atomic E-state index is 0.00748. The minimum Gasteiger partial charge on any atom is -0.494 e. The van der Waals surface area contributed by atoms with E-state index in [9.17, 15) is 58.1 Å². The number of nitrogens with zero attached hydrogens (tertiary/aromatic N) is 1. The van der Waals surface area contributed by atoms with Crippen molar-refractivity contribution in [1.82, 2.24) is 26.8 Å². The summed E-state index contributed by atoms with van der Waals surface area (Å²) in [5, 5.41) is 38.0. The molecule has 4 heterocycles. The third-order valence-corrected chi connectivity index (χ3v) is 37.3. The molecule has 29 nitrogen and oxygen atoms in total. The normalized spacial score (nSPS) is 15.3. The van der Waals surface area contributed by atoms with Crippen LogP contribution in [0.1, 0.15) is 105 Å². The molecule has 8 N–H and O–H groups in total. The average Bonchev–Trinajstić information content (AvgIpc) is 0.759. The van der Waals surface area contributed by atoms with Gasteiger partial charge in [-0.1, -0.05) is 211 Å². The van der Waals surface area contributed by atoms with Crippen molar-refractivity contribution in [3.63, 3.8) is 0 Å². The monoisotopic (exact) mass is 2120 g/mol. The number of carbonyl (C=O) groups is 4. The molecule has 4 amide bonds. The number of hydroxylamine groups is 4. The van der Waals surface area contributed by atoms with Gasteiger partial charge in [-0.25, -0.2) is 55.6 Å². The molecule has 0 unspecified atom stereocenters. The topological polar surface area (TPSA) is 411 Å². The summed E-state index contributed by atoms with van der Waals surface area (Å²) in [5.74, 6) is -1.53. The molecule has 0 bridgehead atoms. The molecule has 12 aromatic carbocycles. The number of nitrogens with one attached hydrogen (secondary N) is 4. The first-order valence-corrected chi connectivity index (χ1v) is 55.3. The van der Waals surface area contributed by atoms with Crippen molar-refractivity contribution in [3.8, 4) is 67.5 Å². The number of likely N-dealkylation sites (tertiary alicyclic amines) is 1. The molecule has 0 radical (unpaired) electrons. The van der Waals surface area contributed by atoms with E-state index in [1.54, 1.807) is 67.2 Å². The lowest BCUT2D eigenvalue weighted by Gasteiger charge is -2.39. The number of amides is 4. The number of hydrogen-bond donors (Lipinski definition) is 8. The molecule has 778 valence electrons. The second-order valence-electron chi connectivity index (χ2n) is 36.2. The highest BCUT2D eigenvalue weighted by molar-refractivity contribution is 7.94. The van der Waals surface area contributed by atoms with E-state index in [1.807, 2.05) is 66.7 Å². The number of ether oxygens (including phenoxy) is 8. The van der Waals surface area contributed by atoms with Crippen LogP contribution in [0.5, 0.6) is 23.0 Å². The summed E-state index contributed by atoms with van der Waals surface area (Å²) in [6.07, 6.45) is 6.50. The second kappa shape index (κ2) is 53.1. The summed E-state index contributed by atoms with van der Waals surface area (Å²) in [4.78, 5) is 51.8. The molecule has 4 aliphatic rings. The fraction of sp³-hybridized carbons (Fsp3) is 0.321. The van der Waals surface area contributed by atoms with Gasteiger partial charge in [0, 0.05) is 76.4 Å². The summed E-state index contributed by atoms with van der Waals surface area (Å²) in [7, 11) is -14.6. The van der Waals surface area contributed by atoms with E-state index in [-0.39, 0.29) is 111 Å². The van der Waals surface area contributed by atoms with Crippen molar-refractivity contribution in [2.75, 3.05) is 99.4 Å². The van der Waals surface area contributed by atoms with Gasteiger partial charge in [0.05, 0.1) is 52.6 Å². The fourth-order valence-corrected chi connectivity index (χ4v) is 26.6. The van der Waals surface area contributed by atoms with Gasteiger partial charge in [0.2, 0.25) is 0 Å². The van der Waals surface area contributed by atoms with Crippen LogP contribution >= 0.6 is 23.2 Å². The number of rotatable bonds is 39. The van der Waals surface area contributed by atoms with E-state index in [0.717, 1.165) is 68.1 Å². The van der Waals surface area contributed by atoms with Gasteiger partial charge >= 0.3 is 0 Å². The third-order valence-electron chi connectivity index (χ3n) is 26.8. The van der Waals surface area contributed by atoms with Gasteiger partial charge in [0.25, 0.3) is 23.6 Å². The van der Waals surface area contributed by atoms with E-state index >= 15 is 0 Å². The number of hydrogen-bond acceptors (Lipinski definition) is 25. The van der Waals surface area contributed by atoms with E-state index in [0.29, 0.717) is 85.7 Å². The number of methoxy groups -OCH3 is 1. The lowest BCUT2D eigenvalue weighted by Crippen LogP contribution is -2.57. The summed E-state index contributed by atoms with van der Waals surface area (Å²) in [5.41, 5.74) is 21.3. The molecule has 12 aromatic rings. The quantitative estimate of drug-likeness (QED) is 0.0101. The van der Waals surface area contributed by atoms with Crippen LogP contribution in [0.4, 0.5) is 0 Å². The number of piperidine rings is 1. The van der Waals surface area contributed by atoms with E-state index in [2.05, 4.69) is 139 Å². The Morgan fingerprint density at radius 2 is 0.558 bits per heavy atom. The van der Waals surface area contributed by atoms with E-state index in [4.69, 9.17) is 76.7 Å². The highest BCUT2D eigenvalue weighted by atomic mass is 35.5. The van der Waals surface area contributed by atoms with Crippen LogP contribution in [-0.2, 0) is 103 Å². The number of benzene rings is 12. The van der Waals surface area contributed by atoms with Crippen LogP contribution in [0.25, 0.3) is 44.5 Å². The molecule has 0 aliphatic carbocycles. The molecule has 4 saturated heterocycles. The maximum Gasteiger partial charge on any atom is 0.265 e. The average molecular weight is 2120 g/mol. The zero-order valence-corrected chi connectivity index (χ0v) is 86.6. The van der Waals surface area contributed by atoms with Gasteiger partial charge in [-0.2, -0.15) is 0 Å². The Labute approximate surface area is 868 Å². The molecule has 147 heavy (non-hydrogen) atoms. The van der Waals surface area contributed by atoms with Crippen molar-refractivity contribution in [3.05, 3.63) is 335 Å². The largest absolute Gasteiger partial charge is 0.494 e. The van der Waals surface area contributed by atoms with Gasteiger partial charge in [0.15, 0.2) is 58.3 Å². The van der Waals surface area contributed by atoms with Crippen LogP contribution in [-0.4, -0.2) is 201 Å². The first-order valence-electron chi connectivity index (χ1n) is 48.6. The zero-order chi connectivity index (χ0) is 105. The predicted octanol–water partition coefficient (Wildman–Crippen LogP) is 18.3. The lowest BCUT2D eigenvalue weighted by atomic mass is 9.95. The highest BCUT2D eigenvalue weighted by Crippen LogP contribution is 2.42. The highest BCUT2D eigenvalue weighted by Gasteiger charge is 2.56. The molecule has 35 heteroatoms. The van der Waals surface area contributed by atoms with Crippen LogP contribution in [0.3, 0.4) is 0 Å². The Kier molecular flexibility index (Phi) is 40.4. The molecule has 16 rings (SSSR count). The van der Waals surface area contributed by atoms with Gasteiger partial charge in [0.1, 0.15) is 23.0 Å². The standard InChI is InChI=1S/C30H36N2O6S.C28H31NO6S.C27H27Cl2NO6S.C27H29NO6S/c1-37-22-20-32-18-16-30(17-19-32,29(33)31-34)39(35,36)28-14-12-27(13-15-28)38-21-6-8-24-7-5-11-26(23-24)25-9-3-2-4-10-25;1-21-7-9-23(10-8-21)24-6-2-4-22(20-24)5-3-17-35-25-11-13-26(14-12-25)36(32,33)28(27(30)29-31)15-18-34-19-16-28;28-22-16-21(17-23(29)18-22)20-5-1-3-19(15-20)4-2-12-36-24-6-8-25(9-7-24)37(33,34)27(26(31)30-32)10-13-35-14-11-27;29-26(28-30)27(15-18-33-19-16-27)35(31,32)25-13-11-24(12-14-25)34-17-5-7-21-6-4-10-23(20-21)22-8-2-1-3-9-22/h2-5,7,9-15,23,34H,6,8,16-22H2,1H3,(H,31,33);2,4,6-14,20,31H,3,5,15-19H2,1H3,(H,29,30);1,3,5-9,15-18,32H,2,4,10-14H2,(H,30,31);1-4,6,8-14,20,30H,5,7,15-19H2,(H,28,29). The SMILES string of the molecule is COCCN1CCC(C(=O)NO)(S(=O)(=O)c2ccc(OCCCc3cccc(-c4ccccc4)c3)cc2)CC1.Cc1ccc(-c2cccc(CCCOc3ccc(S(=O)(=O)C4(C(=O)NO)CCOCC4)cc3)c2)cc1.O=C(NO)C1(S(=O)(=O)c2ccc(OCCCc3cccc(-c4cc(Cl)cc(Cl)c4)c3)cc2)CCOCC1.O=C(NO)C1(S(=O)(=O)c2ccc(OCCCc3cccc(-c4ccccc4)c3)cc2)CCOCC1. The number of aryl methyl sites for hydroxylation is 5. The van der Waals surface area contributed by atoms with Gasteiger partial charge in [-0.3, -0.25) is 40.0 Å². The molecule has 4 aliphatic heterocycles. The summed E-state index contributed by atoms with van der Waals surface area (Å²) in [6, 6.07) is 92.2. The first-order chi connectivity index (χ1) is 71.0. The molecule has 0 saturated carbocycles. The van der Waals surface area contributed by atoms with Crippen LogP contribution in [0.2, 0.25) is 10.0 Å². The predicted molar refractivity (Wildman–Crippen MR) is 560 cm³/mol. The lowest BCUT2D eigenvalue weighted by molar-refractivity contribution is -0.135. The Hall–Kier alpha value is -12.3. The van der Waals surface area contributed by atoms with Crippen molar-refractivity contribution in [2.24, 2.45) is 0 Å². The molecule has 0 atom stereocenters. The first kappa shape index (κ1) is 112. The Morgan fingerprint density at radius 1 is 0.306 bits per heavy atom. The minimum atomic E-state index is -4.07. The van der Waals surface area contributed by atoms with Crippen LogP contribution < -0.4 is 40.9 Å². The van der Waals surface area contributed by atoms with Crippen molar-refractivity contribution in [1.29, 1.82) is 0 Å². The third kappa shape index (κ3) is 28.0. The number of sulfone groups is 4. The van der Waals surface area contributed by atoms with Gasteiger partial charge < -0.3 is 42.8 Å². The summed E-state index contributed by atoms with van der Waals surface area (Å²) < 4.78 is 144. The fourth-order valence-electron chi connectivity index (χ4n) is 18.3. The molecule has 0 spiro atoms. The Bertz CT molecular complexity index is 6820. The molecule has 0 aromatic heterocycles. The van der Waals surface area contributed by atoms with Crippen molar-refractivity contribution in [2.45, 2.75) is 148 Å². The maximum absolute atomic E-state index is 13.6. The smallest absolute Gasteiger partial charge is 0.265 e. The Balaban J connectivity index is 0.000000164. The summed E-state index contributed by atoms with van der Waals surface area (Å²) >= 11 is 12.3. The van der Waals surface area contributed by atoms with Gasteiger partial charge in [-0.15, -0.1) is 0 Å². The van der Waals surface area contributed by atoms with E-state index in [1.165, 1.54) is 121 Å². The van der Waals surface area contributed by atoms with Crippen LogP contribution in [0, 0.1) is 6.92 Å². The van der Waals surface area contributed by atoms with Crippen molar-refractivity contribution >= 4 is 86.2 Å². The number of halogens is 2. The van der Waals surface area contributed by atoms with Gasteiger partial charge in [-0.05, 0) is 292 Å². The van der Waals surface area contributed by atoms with Crippen molar-refractivity contribution < 1.29 is 112 Å². The Morgan fingerprint density at radius 3 is 0.823 bits per heavy atom. The zero-order valence-electron chi connectivity index (χ0n) is 81.8. The summed E-state index contributed by atoms with van der Waals surface area (Å²) in [6.45, 7) is 6.68.